The van der Waals surface area contributed by atoms with Crippen molar-refractivity contribution in [2.45, 2.75) is 33.2 Å². The summed E-state index contributed by atoms with van der Waals surface area (Å²) in [4.78, 5) is 57.5. The largest absolute Gasteiger partial charge is 0.481 e. The van der Waals surface area contributed by atoms with E-state index >= 15 is 0 Å². The molecule has 1 aliphatic rings. The van der Waals surface area contributed by atoms with Crippen molar-refractivity contribution in [3.63, 3.8) is 0 Å². The molecule has 0 radical (unpaired) electrons. The molecule has 31 heavy (non-hydrogen) atoms. The summed E-state index contributed by atoms with van der Waals surface area (Å²) in [5, 5.41) is 43.5. The van der Waals surface area contributed by atoms with Gasteiger partial charge in [0.05, 0.1) is 26.2 Å². The number of carbonyl (C=O) groups is 5. The third-order valence-corrected chi connectivity index (χ3v) is 3.88. The van der Waals surface area contributed by atoms with Gasteiger partial charge in [-0.2, -0.15) is 0 Å². The van der Waals surface area contributed by atoms with E-state index in [0.29, 0.717) is 13.1 Å². The van der Waals surface area contributed by atoms with Crippen molar-refractivity contribution in [2.24, 2.45) is 0 Å². The minimum Gasteiger partial charge on any atom is -0.481 e. The van der Waals surface area contributed by atoms with Gasteiger partial charge in [0, 0.05) is 38.6 Å². The Labute approximate surface area is 180 Å². The molecule has 180 valence electrons. The van der Waals surface area contributed by atoms with Gasteiger partial charge in [-0.15, -0.1) is 0 Å². The normalized spacial score (nSPS) is 15.0. The Morgan fingerprint density at radius 3 is 1.26 bits per heavy atom. The van der Waals surface area contributed by atoms with Crippen LogP contribution in [0.25, 0.3) is 0 Å². The number of nitrogens with zero attached hydrogens (tertiary/aromatic N) is 3. The van der Waals surface area contributed by atoms with E-state index in [1.54, 1.807) is 16.7 Å². The van der Waals surface area contributed by atoms with Crippen LogP contribution in [0.1, 0.15) is 27.2 Å². The van der Waals surface area contributed by atoms with Crippen LogP contribution in [0.15, 0.2) is 0 Å². The van der Waals surface area contributed by atoms with Crippen LogP contribution < -0.4 is 0 Å². The van der Waals surface area contributed by atoms with E-state index in [0.717, 1.165) is 0 Å². The van der Waals surface area contributed by atoms with E-state index in [2.05, 4.69) is 0 Å². The summed E-state index contributed by atoms with van der Waals surface area (Å²) in [5.74, 6) is -5.30. The van der Waals surface area contributed by atoms with Crippen molar-refractivity contribution < 1.29 is 49.5 Å². The number of rotatable bonds is 10. The van der Waals surface area contributed by atoms with Crippen molar-refractivity contribution >= 4 is 29.8 Å². The standard InChI is InChI=1S/C13H21N3O8.C3H6O2.C2H6/c17-10(18)5-14-1-2-15(6-11(19)20)4-9(3-14)16(7-12(21)22)8-13(23)24;1-2-3(4)5;1-2/h9H,1-8H2,(H,17,18)(H,19,20)(H,21,22)(H,23,24);2H2,1H3,(H,4,5);1-2H3. The molecule has 13 nitrogen and oxygen atoms in total. The van der Waals surface area contributed by atoms with Crippen LogP contribution in [0, 0.1) is 0 Å². The van der Waals surface area contributed by atoms with Crippen LogP contribution >= 0.6 is 0 Å². The highest BCUT2D eigenvalue weighted by atomic mass is 16.4. The van der Waals surface area contributed by atoms with Gasteiger partial charge in [-0.25, -0.2) is 0 Å². The zero-order valence-electron chi connectivity index (χ0n) is 18.1. The van der Waals surface area contributed by atoms with Crippen molar-refractivity contribution in [3.05, 3.63) is 0 Å². The smallest absolute Gasteiger partial charge is 0.317 e. The molecule has 0 aromatic rings. The average molecular weight is 451 g/mol. The highest BCUT2D eigenvalue weighted by molar-refractivity contribution is 5.73. The molecule has 0 bridgehead atoms. The lowest BCUT2D eigenvalue weighted by atomic mass is 10.2. The summed E-state index contributed by atoms with van der Waals surface area (Å²) in [6, 6.07) is -0.613. The van der Waals surface area contributed by atoms with E-state index in [-0.39, 0.29) is 32.6 Å². The Balaban J connectivity index is 0. The highest BCUT2D eigenvalue weighted by Crippen LogP contribution is 2.10. The Morgan fingerprint density at radius 1 is 0.710 bits per heavy atom. The summed E-state index contributed by atoms with van der Waals surface area (Å²) >= 11 is 0. The summed E-state index contributed by atoms with van der Waals surface area (Å²) in [7, 11) is 0. The Bertz CT molecular complexity index is 557. The zero-order valence-corrected chi connectivity index (χ0v) is 18.1. The van der Waals surface area contributed by atoms with E-state index in [1.807, 2.05) is 13.8 Å². The Kier molecular flexibility index (Phi) is 16.7. The molecule has 1 heterocycles. The molecule has 0 atom stereocenters. The molecule has 0 unspecified atom stereocenters. The van der Waals surface area contributed by atoms with Crippen LogP contribution in [-0.2, 0) is 24.0 Å². The minimum absolute atomic E-state index is 0.142. The lowest BCUT2D eigenvalue weighted by Gasteiger charge is -2.32. The lowest BCUT2D eigenvalue weighted by molar-refractivity contribution is -0.145. The van der Waals surface area contributed by atoms with Crippen LogP contribution in [0.5, 0.6) is 0 Å². The van der Waals surface area contributed by atoms with E-state index in [4.69, 9.17) is 25.5 Å². The van der Waals surface area contributed by atoms with Crippen molar-refractivity contribution in [2.75, 3.05) is 52.4 Å². The maximum Gasteiger partial charge on any atom is 0.317 e. The first-order valence-electron chi connectivity index (χ1n) is 9.72. The number of carboxylic acid groups (broad SMARTS) is 5. The van der Waals surface area contributed by atoms with Crippen LogP contribution in [0.2, 0.25) is 0 Å². The maximum atomic E-state index is 11.0. The molecular weight excluding hydrogens is 418 g/mol. The summed E-state index contributed by atoms with van der Waals surface area (Å²) in [6.07, 6.45) is 0.222. The second kappa shape index (κ2) is 17.0. The number of hydrogen-bond donors (Lipinski definition) is 5. The van der Waals surface area contributed by atoms with Gasteiger partial charge in [0.2, 0.25) is 0 Å². The van der Waals surface area contributed by atoms with E-state index in [1.165, 1.54) is 4.90 Å². The lowest BCUT2D eigenvalue weighted by Crippen LogP contribution is -2.51. The van der Waals surface area contributed by atoms with Gasteiger partial charge in [-0.1, -0.05) is 20.8 Å². The van der Waals surface area contributed by atoms with Gasteiger partial charge in [0.1, 0.15) is 0 Å². The summed E-state index contributed by atoms with van der Waals surface area (Å²) in [5.41, 5.74) is 0. The second-order valence-corrected chi connectivity index (χ2v) is 6.35. The molecule has 0 amide bonds. The van der Waals surface area contributed by atoms with Crippen LogP contribution in [0.3, 0.4) is 0 Å². The molecule has 0 aromatic heterocycles. The molecule has 0 spiro atoms. The summed E-state index contributed by atoms with van der Waals surface area (Å²) < 4.78 is 0. The predicted molar refractivity (Wildman–Crippen MR) is 108 cm³/mol. The molecule has 0 aromatic carbocycles. The molecule has 1 aliphatic heterocycles. The second-order valence-electron chi connectivity index (χ2n) is 6.35. The summed E-state index contributed by atoms with van der Waals surface area (Å²) in [6.45, 7) is 4.84. The fourth-order valence-electron chi connectivity index (χ4n) is 2.68. The molecule has 1 rings (SSSR count). The average Bonchev–Trinajstić information content (AvgIpc) is 2.84. The Hall–Kier alpha value is -2.77. The van der Waals surface area contributed by atoms with Gasteiger partial charge in [-0.3, -0.25) is 38.7 Å². The minimum atomic E-state index is -1.21. The topological polar surface area (TPSA) is 196 Å². The van der Waals surface area contributed by atoms with Gasteiger partial charge >= 0.3 is 29.8 Å². The van der Waals surface area contributed by atoms with Crippen LogP contribution in [-0.4, -0.2) is 128 Å². The SMILES string of the molecule is CC.CCC(=O)O.O=C(O)CN1CCN(CC(=O)O)CC(N(CC(=O)O)CC(=O)O)C1. The molecule has 5 N–H and O–H groups in total. The first-order chi connectivity index (χ1) is 14.4. The molecule has 1 saturated heterocycles. The first-order valence-corrected chi connectivity index (χ1v) is 9.72. The van der Waals surface area contributed by atoms with Gasteiger partial charge in [0.15, 0.2) is 0 Å². The molecule has 0 aliphatic carbocycles. The number of carboxylic acids is 5. The third kappa shape index (κ3) is 16.7. The third-order valence-electron chi connectivity index (χ3n) is 3.88. The highest BCUT2D eigenvalue weighted by Gasteiger charge is 2.31. The van der Waals surface area contributed by atoms with Crippen molar-refractivity contribution in [1.82, 2.24) is 14.7 Å². The monoisotopic (exact) mass is 451 g/mol. The zero-order chi connectivity index (χ0) is 24.6. The van der Waals surface area contributed by atoms with Crippen LogP contribution in [0.4, 0.5) is 0 Å². The first kappa shape index (κ1) is 30.4. The van der Waals surface area contributed by atoms with E-state index < -0.39 is 49.0 Å². The van der Waals surface area contributed by atoms with Gasteiger partial charge < -0.3 is 25.5 Å². The molecule has 1 fully saturated rings. The fraction of sp³-hybridized carbons (Fsp3) is 0.722. The molecule has 0 saturated carbocycles. The van der Waals surface area contributed by atoms with Crippen molar-refractivity contribution in [3.8, 4) is 0 Å². The maximum absolute atomic E-state index is 11.0. The van der Waals surface area contributed by atoms with E-state index in [9.17, 15) is 24.0 Å². The quantitative estimate of drug-likeness (QED) is 0.275. The molecule has 13 heteroatoms. The molecular formula is C18H33N3O10. The Morgan fingerprint density at radius 2 is 1.03 bits per heavy atom. The van der Waals surface area contributed by atoms with Crippen molar-refractivity contribution in [1.29, 1.82) is 0 Å². The fourth-order valence-corrected chi connectivity index (χ4v) is 2.68. The number of hydrogen-bond acceptors (Lipinski definition) is 8. The van der Waals surface area contributed by atoms with Gasteiger partial charge in [-0.05, 0) is 0 Å². The van der Waals surface area contributed by atoms with Gasteiger partial charge in [0.25, 0.3) is 0 Å². The number of aliphatic carboxylic acids is 5. The predicted octanol–water partition coefficient (Wildman–Crippen LogP) is -0.880.